The molecule has 6 aromatic carbocycles. The normalized spacial score (nSPS) is 8.11. The average Bonchev–Trinajstić information content (AvgIpc) is 3.24. The molecule has 0 heterocycles. The van der Waals surface area contributed by atoms with E-state index in [1.807, 2.05) is 165 Å². The van der Waals surface area contributed by atoms with Crippen molar-refractivity contribution in [2.24, 2.45) is 0 Å². The Labute approximate surface area is 453 Å². The zero-order valence-corrected chi connectivity index (χ0v) is 47.9. The van der Waals surface area contributed by atoms with Crippen molar-refractivity contribution in [3.8, 4) is 0 Å². The average molecular weight is 1060 g/mol. The van der Waals surface area contributed by atoms with Gasteiger partial charge in [-0.3, -0.25) is 0 Å². The van der Waals surface area contributed by atoms with Crippen LogP contribution in [0.25, 0.3) is 0 Å². The molecule has 0 aliphatic carbocycles. The predicted octanol–water partition coefficient (Wildman–Crippen LogP) is 14.7. The van der Waals surface area contributed by atoms with E-state index in [0.717, 1.165) is 42.4 Å². The molecule has 6 aromatic rings. The largest absolute Gasteiger partial charge is 0.350 e. The van der Waals surface area contributed by atoms with Gasteiger partial charge in [0.1, 0.15) is 0 Å². The maximum absolute atomic E-state index is 4.00. The molecule has 0 spiro atoms. The summed E-state index contributed by atoms with van der Waals surface area (Å²) in [6.07, 6.45) is 3.50. The molecule has 0 N–H and O–H groups in total. The van der Waals surface area contributed by atoms with Crippen LogP contribution in [0.2, 0.25) is 0 Å². The van der Waals surface area contributed by atoms with Crippen molar-refractivity contribution >= 4 is 0 Å². The molecule has 57 heavy (non-hydrogen) atoms. The molecule has 298 valence electrons. The summed E-state index contributed by atoms with van der Waals surface area (Å²) in [7, 11) is 0. The third-order valence-electron chi connectivity index (χ3n) is 6.98. The van der Waals surface area contributed by atoms with Crippen LogP contribution >= 0.6 is 0 Å². The fourth-order valence-corrected chi connectivity index (χ4v) is 4.36. The van der Waals surface area contributed by atoms with Crippen molar-refractivity contribution in [3.63, 3.8) is 0 Å². The van der Waals surface area contributed by atoms with Gasteiger partial charge in [0.05, 0.1) is 0 Å². The second kappa shape index (κ2) is 49.7. The maximum atomic E-state index is 4.00. The van der Waals surface area contributed by atoms with Gasteiger partial charge in [-0.2, -0.15) is 174 Å². The number of benzene rings is 6. The Hall–Kier alpha value is -0.654. The van der Waals surface area contributed by atoms with E-state index in [4.69, 9.17) is 0 Å². The van der Waals surface area contributed by atoms with Crippen LogP contribution in [0.4, 0.5) is 0 Å². The molecule has 4 heteroatoms. The summed E-state index contributed by atoms with van der Waals surface area (Å²) in [4.78, 5) is 0. The molecule has 0 fully saturated rings. The topological polar surface area (TPSA) is 0 Å². The van der Waals surface area contributed by atoms with E-state index in [-0.39, 0.29) is 131 Å². The minimum atomic E-state index is 0. The van der Waals surface area contributed by atoms with Crippen molar-refractivity contribution in [1.29, 1.82) is 0 Å². The molecule has 0 aromatic heterocycles. The molecule has 0 atom stereocenters. The first-order chi connectivity index (χ1) is 26.0. The third-order valence-corrected chi connectivity index (χ3v) is 6.98. The van der Waals surface area contributed by atoms with Crippen molar-refractivity contribution in [2.75, 3.05) is 0 Å². The molecule has 0 saturated carbocycles. The van der Waals surface area contributed by atoms with Gasteiger partial charge in [-0.05, 0) is 6.42 Å². The molecule has 0 nitrogen and oxygen atoms in total. The Bertz CT molecular complexity index is 1550. The second-order valence-corrected chi connectivity index (χ2v) is 10.3. The fraction of sp³-hybridized carbons (Fsp3) is 0.226. The van der Waals surface area contributed by atoms with Crippen molar-refractivity contribution in [2.45, 2.75) is 81.1 Å². The predicted molar refractivity (Wildman–Crippen MR) is 238 cm³/mol. The van der Waals surface area contributed by atoms with Gasteiger partial charge in [-0.25, -0.2) is 12.8 Å². The first-order valence-corrected chi connectivity index (χ1v) is 19.1. The van der Waals surface area contributed by atoms with E-state index in [0.29, 0.717) is 0 Å². The smallest absolute Gasteiger partial charge is 0 e. The summed E-state index contributed by atoms with van der Waals surface area (Å²) in [6.45, 7) is 35.3. The molecule has 0 amide bonds. The van der Waals surface area contributed by atoms with Gasteiger partial charge < -0.3 is 13.8 Å². The summed E-state index contributed by atoms with van der Waals surface area (Å²) < 4.78 is 0. The Balaban J connectivity index is -0.000000142. The van der Waals surface area contributed by atoms with E-state index >= 15 is 0 Å². The Morgan fingerprint density at radius 2 is 0.579 bits per heavy atom. The fourth-order valence-electron chi connectivity index (χ4n) is 4.36. The Morgan fingerprint density at radius 1 is 0.333 bits per heavy atom. The minimum absolute atomic E-state index is 0. The molecule has 0 bridgehead atoms. The van der Waals surface area contributed by atoms with Gasteiger partial charge in [0.25, 0.3) is 0 Å². The molecular formula is C53H66Y4-8. The SMILES string of the molecule is CC.CC.CC.CC.[CH2-]Cc1ccccc1[CH2-].[CH2-]Cc1ccccc1[CH2-].[CH2-]c1ccccc1Cc1[c-]cccc1.[Y].[Y].[Y].[Y].[c-]1ccccc1Cc1[c-]cccc1. The van der Waals surface area contributed by atoms with Crippen LogP contribution in [-0.2, 0) is 157 Å². The van der Waals surface area contributed by atoms with E-state index in [1.165, 1.54) is 33.4 Å². The van der Waals surface area contributed by atoms with Crippen molar-refractivity contribution in [3.05, 3.63) is 248 Å². The monoisotopic (exact) mass is 1060 g/mol. The zero-order valence-electron chi connectivity index (χ0n) is 36.5. The Morgan fingerprint density at radius 3 is 0.807 bits per heavy atom. The molecule has 0 saturated heterocycles. The number of hydrogen-bond donors (Lipinski definition) is 0. The number of hydrogen-bond acceptors (Lipinski definition) is 0. The summed E-state index contributed by atoms with van der Waals surface area (Å²) in [5.74, 6) is 0. The van der Waals surface area contributed by atoms with E-state index < -0.39 is 0 Å². The molecular weight excluding hydrogens is 992 g/mol. The van der Waals surface area contributed by atoms with Crippen LogP contribution in [0.3, 0.4) is 0 Å². The van der Waals surface area contributed by atoms with Crippen LogP contribution in [0.1, 0.15) is 105 Å². The molecule has 6 rings (SSSR count). The first-order valence-electron chi connectivity index (χ1n) is 19.1. The third kappa shape index (κ3) is 33.7. The maximum Gasteiger partial charge on any atom is 0 e. The summed E-state index contributed by atoms with van der Waals surface area (Å²) in [5, 5.41) is 0. The van der Waals surface area contributed by atoms with Crippen LogP contribution in [0, 0.1) is 52.8 Å². The van der Waals surface area contributed by atoms with Crippen LogP contribution in [0.5, 0.6) is 0 Å². The van der Waals surface area contributed by atoms with Crippen molar-refractivity contribution < 1.29 is 131 Å². The van der Waals surface area contributed by atoms with Gasteiger partial charge in [-0.1, -0.05) is 80.0 Å². The molecule has 0 aliphatic rings. The van der Waals surface area contributed by atoms with Gasteiger partial charge in [0, 0.05) is 131 Å². The summed E-state index contributed by atoms with van der Waals surface area (Å²) >= 11 is 0. The standard InChI is InChI=1S/C14H12.C13H10.2C9H10.4C2H6.4Y/c1-12-7-5-6-10-14(12)11-13-8-3-2-4-9-13;1-3-7-12(8-4-1)11-13-9-5-2-6-10-13;2*1-3-9-7-5-4-6-8(9)2;4*1-2;;;;/h2-8,10H,1,11H2;1-7,9H,11H2;2*4-7H,1-3H2;4*1-2H3;;;;/q4*-2;;;;;;;;. The minimum Gasteiger partial charge on any atom is -0.350 e. The number of rotatable bonds is 6. The van der Waals surface area contributed by atoms with E-state index in [9.17, 15) is 0 Å². The molecule has 0 unspecified atom stereocenters. The van der Waals surface area contributed by atoms with Crippen LogP contribution in [-0.4, -0.2) is 0 Å². The quantitative estimate of drug-likeness (QED) is 0.146. The van der Waals surface area contributed by atoms with Gasteiger partial charge >= 0.3 is 0 Å². The van der Waals surface area contributed by atoms with Gasteiger partial charge in [0.15, 0.2) is 0 Å². The summed E-state index contributed by atoms with van der Waals surface area (Å²) in [6, 6.07) is 58.1. The van der Waals surface area contributed by atoms with Crippen LogP contribution < -0.4 is 0 Å². The van der Waals surface area contributed by atoms with Crippen molar-refractivity contribution in [1.82, 2.24) is 0 Å². The van der Waals surface area contributed by atoms with Gasteiger partial charge in [0.2, 0.25) is 0 Å². The zero-order chi connectivity index (χ0) is 40.1. The van der Waals surface area contributed by atoms with E-state index in [2.05, 4.69) is 89.2 Å². The Kier molecular flexibility index (Phi) is 59.4. The van der Waals surface area contributed by atoms with E-state index in [1.54, 1.807) is 0 Å². The molecule has 0 aliphatic heterocycles. The molecule has 4 radical (unpaired) electrons. The van der Waals surface area contributed by atoms with Crippen LogP contribution in [0.15, 0.2) is 146 Å². The summed E-state index contributed by atoms with van der Waals surface area (Å²) in [5.41, 5.74) is 10.7. The van der Waals surface area contributed by atoms with Gasteiger partial charge in [-0.15, -0.1) is 42.0 Å². The first kappa shape index (κ1) is 68.1. The second-order valence-electron chi connectivity index (χ2n) is 10.3.